The number of fused-ring (bicyclic) bond motifs is 3. The van der Waals surface area contributed by atoms with Crippen molar-refractivity contribution >= 4 is 15.8 Å². The van der Waals surface area contributed by atoms with E-state index in [1.54, 1.807) is 18.5 Å². The van der Waals surface area contributed by atoms with Crippen LogP contribution in [0.1, 0.15) is 17.0 Å². The van der Waals surface area contributed by atoms with Gasteiger partial charge in [-0.1, -0.05) is 6.07 Å². The van der Waals surface area contributed by atoms with Crippen molar-refractivity contribution in [2.24, 2.45) is 0 Å². The number of hydrogen-bond donors (Lipinski definition) is 1. The van der Waals surface area contributed by atoms with Gasteiger partial charge in [0.1, 0.15) is 5.76 Å². The van der Waals surface area contributed by atoms with Crippen LogP contribution in [0.2, 0.25) is 0 Å². The van der Waals surface area contributed by atoms with Gasteiger partial charge in [-0.3, -0.25) is 9.88 Å². The fraction of sp³-hybridized carbons (Fsp3) is 0.273. The average molecular weight is 480 g/mol. The molecule has 1 N–H and O–H groups in total. The van der Waals surface area contributed by atoms with Crippen LogP contribution in [0.4, 0.5) is 13.2 Å². The van der Waals surface area contributed by atoms with Gasteiger partial charge in [0.05, 0.1) is 16.4 Å². The topological polar surface area (TPSA) is 101 Å². The number of alkyl halides is 3. The molecule has 5 rings (SSSR count). The van der Waals surface area contributed by atoms with Crippen LogP contribution in [-0.2, 0) is 21.2 Å². The van der Waals surface area contributed by atoms with E-state index in [1.165, 1.54) is 0 Å². The van der Waals surface area contributed by atoms with Gasteiger partial charge >= 0.3 is 12.1 Å². The van der Waals surface area contributed by atoms with Crippen molar-refractivity contribution in [2.75, 3.05) is 13.1 Å². The summed E-state index contributed by atoms with van der Waals surface area (Å²) in [4.78, 5) is 15.7. The molecule has 1 saturated heterocycles. The first-order valence-corrected chi connectivity index (χ1v) is 11.4. The highest BCUT2D eigenvalue weighted by atomic mass is 32.2. The highest BCUT2D eigenvalue weighted by Crippen LogP contribution is 2.46. The Hall–Kier alpha value is -3.18. The normalized spacial score (nSPS) is 21.1. The quantitative estimate of drug-likeness (QED) is 0.610. The second-order valence-electron chi connectivity index (χ2n) is 7.78. The molecule has 2 aromatic heterocycles. The van der Waals surface area contributed by atoms with Crippen LogP contribution in [0.25, 0.3) is 11.3 Å². The SMILES string of the molecule is O=C(O)C(F)(F)F.O=S1(=O)c2ccc(-c3ccco3)cc2C2CN(Cc3cccnc3)CC21. The number of benzene rings is 1. The third-order valence-electron chi connectivity index (χ3n) is 5.63. The van der Waals surface area contributed by atoms with Crippen LogP contribution in [0.5, 0.6) is 0 Å². The highest BCUT2D eigenvalue weighted by molar-refractivity contribution is 7.92. The molecule has 3 aromatic rings. The number of carboxylic acids is 1. The number of likely N-dealkylation sites (tertiary alicyclic amines) is 1. The summed E-state index contributed by atoms with van der Waals surface area (Å²) in [7, 11) is -3.28. The van der Waals surface area contributed by atoms with Crippen LogP contribution in [0.15, 0.2) is 70.4 Å². The number of hydrogen-bond acceptors (Lipinski definition) is 6. The number of sulfone groups is 1. The van der Waals surface area contributed by atoms with Gasteiger partial charge in [0.15, 0.2) is 9.84 Å². The van der Waals surface area contributed by atoms with Gasteiger partial charge in [-0.15, -0.1) is 0 Å². The first kappa shape index (κ1) is 23.0. The Morgan fingerprint density at radius 3 is 2.55 bits per heavy atom. The van der Waals surface area contributed by atoms with Crippen molar-refractivity contribution in [2.45, 2.75) is 28.8 Å². The number of halogens is 3. The van der Waals surface area contributed by atoms with Crippen LogP contribution in [-0.4, -0.2) is 53.9 Å². The van der Waals surface area contributed by atoms with E-state index in [0.717, 1.165) is 35.5 Å². The largest absolute Gasteiger partial charge is 0.490 e. The molecule has 0 saturated carbocycles. The minimum absolute atomic E-state index is 0.0154. The minimum Gasteiger partial charge on any atom is -0.475 e. The fourth-order valence-electron chi connectivity index (χ4n) is 4.20. The third-order valence-corrected chi connectivity index (χ3v) is 7.89. The molecule has 0 bridgehead atoms. The molecule has 0 spiro atoms. The molecule has 174 valence electrons. The van der Waals surface area contributed by atoms with Crippen LogP contribution in [0.3, 0.4) is 0 Å². The van der Waals surface area contributed by atoms with Crippen molar-refractivity contribution < 1.29 is 35.9 Å². The molecule has 2 atom stereocenters. The molecule has 2 unspecified atom stereocenters. The van der Waals surface area contributed by atoms with Crippen molar-refractivity contribution in [1.82, 2.24) is 9.88 Å². The maximum atomic E-state index is 13.0. The Labute approximate surface area is 187 Å². The molecule has 1 aromatic carbocycles. The third kappa shape index (κ3) is 4.64. The predicted octanol–water partition coefficient (Wildman–Crippen LogP) is 3.73. The van der Waals surface area contributed by atoms with E-state index in [-0.39, 0.29) is 11.2 Å². The number of nitrogens with zero attached hydrogens (tertiary/aromatic N) is 2. The molecule has 2 aliphatic rings. The van der Waals surface area contributed by atoms with E-state index < -0.39 is 22.0 Å². The summed E-state index contributed by atoms with van der Waals surface area (Å²) in [5.41, 5.74) is 2.96. The Morgan fingerprint density at radius 2 is 1.94 bits per heavy atom. The number of carbonyl (C=O) groups is 1. The van der Waals surface area contributed by atoms with E-state index in [2.05, 4.69) is 9.88 Å². The lowest BCUT2D eigenvalue weighted by Gasteiger charge is -2.17. The smallest absolute Gasteiger partial charge is 0.475 e. The van der Waals surface area contributed by atoms with Gasteiger partial charge in [0.2, 0.25) is 0 Å². The van der Waals surface area contributed by atoms with Crippen LogP contribution >= 0.6 is 0 Å². The zero-order valence-corrected chi connectivity index (χ0v) is 17.9. The van der Waals surface area contributed by atoms with E-state index in [9.17, 15) is 21.6 Å². The van der Waals surface area contributed by atoms with Gasteiger partial charge in [0.25, 0.3) is 0 Å². The van der Waals surface area contributed by atoms with Crippen molar-refractivity contribution in [1.29, 1.82) is 0 Å². The number of aromatic nitrogens is 1. The van der Waals surface area contributed by atoms with Gasteiger partial charge < -0.3 is 9.52 Å². The number of pyridine rings is 1. The van der Waals surface area contributed by atoms with E-state index in [1.807, 2.05) is 42.6 Å². The van der Waals surface area contributed by atoms with Gasteiger partial charge in [-0.2, -0.15) is 13.2 Å². The number of carboxylic acid groups (broad SMARTS) is 1. The summed E-state index contributed by atoms with van der Waals surface area (Å²) in [6.45, 7) is 2.03. The maximum absolute atomic E-state index is 13.0. The standard InChI is InChI=1S/C20H18N2O3S.C2HF3O2/c23-26(24)19-6-5-15(18-4-2-8-25-18)9-16(19)17-12-22(13-20(17)26)11-14-3-1-7-21-10-14;3-2(4,5)1(6)7/h1-10,17,20H,11-13H2;(H,6,7). The molecule has 0 radical (unpaired) electrons. The molecule has 1 fully saturated rings. The zero-order valence-electron chi connectivity index (χ0n) is 17.1. The summed E-state index contributed by atoms with van der Waals surface area (Å²) in [5.74, 6) is -1.98. The number of rotatable bonds is 3. The van der Waals surface area contributed by atoms with E-state index >= 15 is 0 Å². The summed E-state index contributed by atoms with van der Waals surface area (Å²) in [5, 5.41) is 6.76. The molecule has 7 nitrogen and oxygen atoms in total. The first-order chi connectivity index (χ1) is 15.6. The summed E-state index contributed by atoms with van der Waals surface area (Å²) < 4.78 is 63.2. The van der Waals surface area contributed by atoms with E-state index in [4.69, 9.17) is 14.3 Å². The lowest BCUT2D eigenvalue weighted by atomic mass is 9.96. The Bertz CT molecular complexity index is 1240. The fourth-order valence-corrected chi connectivity index (χ4v) is 6.40. The van der Waals surface area contributed by atoms with E-state index in [0.29, 0.717) is 11.4 Å². The molecule has 4 heterocycles. The molecular formula is C22H19F3N2O5S. The minimum atomic E-state index is -5.08. The Morgan fingerprint density at radius 1 is 1.18 bits per heavy atom. The number of furan rings is 1. The molecule has 33 heavy (non-hydrogen) atoms. The first-order valence-electron chi connectivity index (χ1n) is 9.90. The van der Waals surface area contributed by atoms with Crippen molar-refractivity contribution in [3.05, 3.63) is 72.2 Å². The summed E-state index contributed by atoms with van der Waals surface area (Å²) in [6.07, 6.45) is 0.137. The summed E-state index contributed by atoms with van der Waals surface area (Å²) >= 11 is 0. The van der Waals surface area contributed by atoms with Gasteiger partial charge in [-0.05, 0) is 47.5 Å². The van der Waals surface area contributed by atoms with Crippen LogP contribution in [0, 0.1) is 0 Å². The molecule has 0 aliphatic carbocycles. The Kier molecular flexibility index (Phi) is 6.02. The van der Waals surface area contributed by atoms with Gasteiger partial charge in [-0.25, -0.2) is 13.2 Å². The predicted molar refractivity (Wildman–Crippen MR) is 111 cm³/mol. The molecule has 11 heteroatoms. The highest BCUT2D eigenvalue weighted by Gasteiger charge is 2.50. The monoisotopic (exact) mass is 480 g/mol. The lowest BCUT2D eigenvalue weighted by molar-refractivity contribution is -0.192. The molecule has 0 amide bonds. The second kappa shape index (κ2) is 8.64. The second-order valence-corrected chi connectivity index (χ2v) is 9.91. The number of aliphatic carboxylic acids is 1. The van der Waals surface area contributed by atoms with Crippen LogP contribution < -0.4 is 0 Å². The van der Waals surface area contributed by atoms with Crippen molar-refractivity contribution in [3.8, 4) is 11.3 Å². The zero-order chi connectivity index (χ0) is 23.8. The maximum Gasteiger partial charge on any atom is 0.490 e. The van der Waals surface area contributed by atoms with Crippen molar-refractivity contribution in [3.63, 3.8) is 0 Å². The Balaban J connectivity index is 0.000000325. The molecule has 2 aliphatic heterocycles. The lowest BCUT2D eigenvalue weighted by Crippen LogP contribution is -2.25. The summed E-state index contributed by atoms with van der Waals surface area (Å²) in [6, 6.07) is 13.2. The molecular weight excluding hydrogens is 461 g/mol. The van der Waals surface area contributed by atoms with Gasteiger partial charge in [0, 0.05) is 43.5 Å². The average Bonchev–Trinajstić information content (AvgIpc) is 3.47.